The van der Waals surface area contributed by atoms with Crippen LogP contribution in [0, 0.1) is 5.41 Å². The van der Waals surface area contributed by atoms with Gasteiger partial charge >= 0.3 is 6.18 Å². The fraction of sp³-hybridized carbons (Fsp3) is 0.375. The summed E-state index contributed by atoms with van der Waals surface area (Å²) in [5.41, 5.74) is 2.24. The largest absolute Gasteiger partial charge is 0.416 e. The van der Waals surface area contributed by atoms with E-state index in [4.69, 9.17) is 8.95 Å². The van der Waals surface area contributed by atoms with Crippen LogP contribution in [0.1, 0.15) is 49.3 Å². The summed E-state index contributed by atoms with van der Waals surface area (Å²) in [5.74, 6) is 0.478. The average molecular weight is 447 g/mol. The molecule has 0 fully saturated rings. The van der Waals surface area contributed by atoms with Crippen molar-refractivity contribution >= 4 is 9.04 Å². The van der Waals surface area contributed by atoms with Gasteiger partial charge < -0.3 is 8.95 Å². The Morgan fingerprint density at radius 1 is 0.968 bits per heavy atom. The minimum atomic E-state index is -4.39. The van der Waals surface area contributed by atoms with Crippen molar-refractivity contribution in [2.24, 2.45) is 5.41 Å². The molecule has 1 aromatic heterocycles. The third-order valence-corrected chi connectivity index (χ3v) is 5.61. The van der Waals surface area contributed by atoms with E-state index in [1.54, 1.807) is 0 Å². The topological polar surface area (TPSA) is 35.3 Å². The molecule has 0 bridgehead atoms. The van der Waals surface area contributed by atoms with Crippen LogP contribution in [0.2, 0.25) is 13.1 Å². The van der Waals surface area contributed by atoms with Crippen LogP contribution in [-0.2, 0) is 17.0 Å². The first-order valence-corrected chi connectivity index (χ1v) is 12.5. The number of benzene rings is 2. The molecule has 0 aliphatic rings. The molecule has 0 saturated heterocycles. The van der Waals surface area contributed by atoms with E-state index in [0.29, 0.717) is 23.4 Å². The third-order valence-electron chi connectivity index (χ3n) is 4.91. The lowest BCUT2D eigenvalue weighted by atomic mass is 9.84. The van der Waals surface area contributed by atoms with Crippen LogP contribution in [0.5, 0.6) is 0 Å². The van der Waals surface area contributed by atoms with Crippen molar-refractivity contribution in [1.29, 1.82) is 0 Å². The van der Waals surface area contributed by atoms with Gasteiger partial charge in [-0.2, -0.15) is 13.2 Å². The third kappa shape index (κ3) is 5.65. The Hall–Kier alpha value is -2.38. The van der Waals surface area contributed by atoms with Crippen LogP contribution in [0.15, 0.2) is 59.1 Å². The monoisotopic (exact) mass is 446 g/mol. The molecule has 0 spiro atoms. The molecule has 0 amide bonds. The second-order valence-corrected chi connectivity index (χ2v) is 10.9. The number of alkyl halides is 3. The molecule has 1 radical (unpaired) electrons. The molecule has 0 saturated carbocycles. The Balaban J connectivity index is 2.11. The molecule has 3 nitrogen and oxygen atoms in total. The Kier molecular flexibility index (Phi) is 6.76. The van der Waals surface area contributed by atoms with Crippen LogP contribution in [0.3, 0.4) is 0 Å². The number of rotatable bonds is 6. The van der Waals surface area contributed by atoms with Gasteiger partial charge in [0.25, 0.3) is 0 Å². The zero-order chi connectivity index (χ0) is 22.8. The maximum absolute atomic E-state index is 13.0. The maximum Gasteiger partial charge on any atom is 0.416 e. The van der Waals surface area contributed by atoms with Crippen molar-refractivity contribution < 1.29 is 22.1 Å². The molecule has 3 rings (SSSR count). The Labute approximate surface area is 183 Å². The minimum Gasteiger partial charge on any atom is -0.408 e. The molecule has 1 unspecified atom stereocenters. The van der Waals surface area contributed by atoms with Gasteiger partial charge in [-0.15, -0.1) is 0 Å². The predicted molar refractivity (Wildman–Crippen MR) is 117 cm³/mol. The molecule has 2 aromatic carbocycles. The first kappa shape index (κ1) is 23.3. The highest BCUT2D eigenvalue weighted by Crippen LogP contribution is 2.41. The molecule has 165 valence electrons. The second kappa shape index (κ2) is 9.00. The van der Waals surface area contributed by atoms with Crippen molar-refractivity contribution in [3.8, 4) is 11.3 Å². The summed E-state index contributed by atoms with van der Waals surface area (Å²) >= 11 is 0. The number of nitrogens with zero attached hydrogens (tertiary/aromatic N) is 1. The second-order valence-electron chi connectivity index (χ2n) is 8.89. The van der Waals surface area contributed by atoms with Gasteiger partial charge in [-0.05, 0) is 36.2 Å². The number of halogens is 3. The molecule has 31 heavy (non-hydrogen) atoms. The maximum atomic E-state index is 13.0. The molecular formula is C24H27F3NO2Si. The summed E-state index contributed by atoms with van der Waals surface area (Å²) in [5, 5.41) is 4.37. The molecule has 7 heteroatoms. The molecular weight excluding hydrogens is 419 g/mol. The first-order chi connectivity index (χ1) is 14.5. The highest BCUT2D eigenvalue weighted by Gasteiger charge is 2.35. The summed E-state index contributed by atoms with van der Waals surface area (Å²) in [7, 11) is -1.03. The van der Waals surface area contributed by atoms with Crippen molar-refractivity contribution in [2.75, 3.05) is 0 Å². The van der Waals surface area contributed by atoms with Crippen LogP contribution in [0.25, 0.3) is 11.3 Å². The standard InChI is InChI=1S/C24H27F3NO2Si/c1-23(2,3)22(30-31(4)5)20-19(15-16-9-7-6-8-10-16)21(29-28-20)17-11-13-18(14-12-17)24(25,26)27/h6-14,22H,15H2,1-5H3. The average Bonchev–Trinajstić information content (AvgIpc) is 3.08. The van der Waals surface area contributed by atoms with E-state index in [0.717, 1.165) is 23.3 Å². The molecule has 1 heterocycles. The van der Waals surface area contributed by atoms with E-state index in [2.05, 4.69) is 39.0 Å². The number of hydrogen-bond acceptors (Lipinski definition) is 3. The van der Waals surface area contributed by atoms with Gasteiger partial charge in [-0.3, -0.25) is 0 Å². The fourth-order valence-corrected chi connectivity index (χ4v) is 4.35. The lowest BCUT2D eigenvalue weighted by molar-refractivity contribution is -0.137. The first-order valence-electron chi connectivity index (χ1n) is 10.1. The Morgan fingerprint density at radius 3 is 2.10 bits per heavy atom. The normalized spacial score (nSPS) is 13.6. The zero-order valence-electron chi connectivity index (χ0n) is 18.4. The Bertz CT molecular complexity index is 990. The van der Waals surface area contributed by atoms with Crippen LogP contribution >= 0.6 is 0 Å². The van der Waals surface area contributed by atoms with E-state index in [9.17, 15) is 13.2 Å². The van der Waals surface area contributed by atoms with E-state index >= 15 is 0 Å². The summed E-state index contributed by atoms with van der Waals surface area (Å²) in [6.07, 6.45) is -4.13. The van der Waals surface area contributed by atoms with Gasteiger partial charge in [0, 0.05) is 17.5 Å². The Morgan fingerprint density at radius 2 is 1.58 bits per heavy atom. The number of hydrogen-bond donors (Lipinski definition) is 0. The highest BCUT2D eigenvalue weighted by molar-refractivity contribution is 6.48. The van der Waals surface area contributed by atoms with Crippen molar-refractivity contribution in [2.45, 2.75) is 52.6 Å². The minimum absolute atomic E-state index is 0.234. The van der Waals surface area contributed by atoms with Gasteiger partial charge in [0.1, 0.15) is 5.69 Å². The molecule has 0 aliphatic heterocycles. The van der Waals surface area contributed by atoms with Crippen LogP contribution in [0.4, 0.5) is 13.2 Å². The van der Waals surface area contributed by atoms with E-state index in [1.165, 1.54) is 12.1 Å². The highest BCUT2D eigenvalue weighted by atomic mass is 28.3. The molecule has 3 aromatic rings. The van der Waals surface area contributed by atoms with Gasteiger partial charge in [0.05, 0.1) is 11.7 Å². The number of aromatic nitrogens is 1. The molecule has 0 N–H and O–H groups in total. The SMILES string of the molecule is C[Si](C)OC(c1noc(-c2ccc(C(F)(F)F)cc2)c1Cc1ccccc1)C(C)(C)C. The van der Waals surface area contributed by atoms with E-state index < -0.39 is 20.8 Å². The lowest BCUT2D eigenvalue weighted by Gasteiger charge is -2.31. The summed E-state index contributed by atoms with van der Waals surface area (Å²) < 4.78 is 51.1. The smallest absolute Gasteiger partial charge is 0.408 e. The van der Waals surface area contributed by atoms with E-state index in [-0.39, 0.29) is 11.5 Å². The van der Waals surface area contributed by atoms with Crippen molar-refractivity contribution in [3.05, 3.63) is 77.0 Å². The van der Waals surface area contributed by atoms with Gasteiger partial charge in [-0.25, -0.2) is 0 Å². The predicted octanol–water partition coefficient (Wildman–Crippen LogP) is 7.31. The van der Waals surface area contributed by atoms with Crippen molar-refractivity contribution in [3.63, 3.8) is 0 Å². The zero-order valence-corrected chi connectivity index (χ0v) is 19.4. The fourth-order valence-electron chi connectivity index (χ4n) is 3.41. The lowest BCUT2D eigenvalue weighted by Crippen LogP contribution is -2.27. The summed E-state index contributed by atoms with van der Waals surface area (Å²) in [4.78, 5) is 0. The van der Waals surface area contributed by atoms with Gasteiger partial charge in [0.2, 0.25) is 9.04 Å². The molecule has 1 atom stereocenters. The van der Waals surface area contributed by atoms with Crippen LogP contribution < -0.4 is 0 Å². The van der Waals surface area contributed by atoms with Gasteiger partial charge in [0.15, 0.2) is 5.76 Å². The van der Waals surface area contributed by atoms with Crippen molar-refractivity contribution in [1.82, 2.24) is 5.16 Å². The van der Waals surface area contributed by atoms with Crippen LogP contribution in [-0.4, -0.2) is 14.2 Å². The quantitative estimate of drug-likeness (QED) is 0.373. The summed E-state index contributed by atoms with van der Waals surface area (Å²) in [6.45, 7) is 10.4. The summed E-state index contributed by atoms with van der Waals surface area (Å²) in [6, 6.07) is 14.9. The molecule has 0 aliphatic carbocycles. The van der Waals surface area contributed by atoms with E-state index in [1.807, 2.05) is 30.3 Å². The van der Waals surface area contributed by atoms with Gasteiger partial charge in [-0.1, -0.05) is 68.4 Å².